The molecule has 1 aromatic carbocycles. The maximum absolute atomic E-state index is 8.56. The quantitative estimate of drug-likeness (QED) is 0.725. The second-order valence-electron chi connectivity index (χ2n) is 4.15. The number of ether oxygens (including phenoxy) is 2. The van der Waals surface area contributed by atoms with E-state index in [2.05, 4.69) is 6.07 Å². The molecule has 4 nitrogen and oxygen atoms in total. The predicted molar refractivity (Wildman–Crippen MR) is 65.1 cm³/mol. The van der Waals surface area contributed by atoms with E-state index in [-0.39, 0.29) is 12.6 Å². The van der Waals surface area contributed by atoms with Crippen LogP contribution in [0.1, 0.15) is 23.6 Å². The van der Waals surface area contributed by atoms with Crippen molar-refractivity contribution in [2.45, 2.75) is 18.9 Å². The highest BCUT2D eigenvalue weighted by Gasteiger charge is 2.21. The number of hydrogen-bond donors (Lipinski definition) is 2. The van der Waals surface area contributed by atoms with Crippen LogP contribution in [0.25, 0.3) is 0 Å². The monoisotopic (exact) mass is 237 g/mol. The SMILES string of the molecule is NC1CCc2c(OCCOCCO)cccc21. The third kappa shape index (κ3) is 2.97. The van der Waals surface area contributed by atoms with Crippen LogP contribution in [0.3, 0.4) is 0 Å². The molecule has 0 heterocycles. The van der Waals surface area contributed by atoms with Crippen molar-refractivity contribution < 1.29 is 14.6 Å². The Morgan fingerprint density at radius 1 is 1.29 bits per heavy atom. The third-order valence-corrected chi connectivity index (χ3v) is 2.99. The fourth-order valence-electron chi connectivity index (χ4n) is 2.17. The van der Waals surface area contributed by atoms with Gasteiger partial charge in [-0.25, -0.2) is 0 Å². The van der Waals surface area contributed by atoms with Crippen LogP contribution >= 0.6 is 0 Å². The van der Waals surface area contributed by atoms with Crippen LogP contribution in [-0.2, 0) is 11.2 Å². The second kappa shape index (κ2) is 6.00. The van der Waals surface area contributed by atoms with Crippen LogP contribution in [0.5, 0.6) is 5.75 Å². The Hall–Kier alpha value is -1.10. The smallest absolute Gasteiger partial charge is 0.122 e. The molecule has 1 aromatic rings. The highest BCUT2D eigenvalue weighted by Crippen LogP contribution is 2.35. The van der Waals surface area contributed by atoms with Gasteiger partial charge in [0.2, 0.25) is 0 Å². The van der Waals surface area contributed by atoms with E-state index in [0.717, 1.165) is 18.6 Å². The minimum atomic E-state index is 0.0512. The predicted octanol–water partition coefficient (Wildman–Crippen LogP) is 1.02. The van der Waals surface area contributed by atoms with Crippen molar-refractivity contribution in [2.24, 2.45) is 5.73 Å². The van der Waals surface area contributed by atoms with Crippen molar-refractivity contribution in [3.8, 4) is 5.75 Å². The standard InChI is InChI=1S/C13H19NO3/c14-12-5-4-11-10(12)2-1-3-13(11)17-9-8-16-7-6-15/h1-3,12,15H,4-9,14H2. The summed E-state index contributed by atoms with van der Waals surface area (Å²) in [5, 5.41) is 8.56. The molecule has 2 rings (SSSR count). The van der Waals surface area contributed by atoms with E-state index in [9.17, 15) is 0 Å². The van der Waals surface area contributed by atoms with Gasteiger partial charge in [0.15, 0.2) is 0 Å². The van der Waals surface area contributed by atoms with E-state index >= 15 is 0 Å². The molecular weight excluding hydrogens is 218 g/mol. The van der Waals surface area contributed by atoms with E-state index < -0.39 is 0 Å². The van der Waals surface area contributed by atoms with E-state index in [0.29, 0.717) is 19.8 Å². The van der Waals surface area contributed by atoms with Gasteiger partial charge in [0, 0.05) is 6.04 Å². The molecule has 0 spiro atoms. The maximum atomic E-state index is 8.56. The normalized spacial score (nSPS) is 18.1. The number of benzene rings is 1. The fraction of sp³-hybridized carbons (Fsp3) is 0.538. The summed E-state index contributed by atoms with van der Waals surface area (Å²) in [7, 11) is 0. The Kier molecular flexibility index (Phi) is 4.36. The highest BCUT2D eigenvalue weighted by atomic mass is 16.5. The van der Waals surface area contributed by atoms with Crippen molar-refractivity contribution in [1.29, 1.82) is 0 Å². The zero-order valence-corrected chi connectivity index (χ0v) is 9.89. The molecule has 1 atom stereocenters. The minimum Gasteiger partial charge on any atom is -0.491 e. The molecule has 0 saturated heterocycles. The largest absolute Gasteiger partial charge is 0.491 e. The average Bonchev–Trinajstić information content (AvgIpc) is 2.72. The van der Waals surface area contributed by atoms with Crippen molar-refractivity contribution >= 4 is 0 Å². The lowest BCUT2D eigenvalue weighted by atomic mass is 10.1. The van der Waals surface area contributed by atoms with Crippen molar-refractivity contribution in [3.63, 3.8) is 0 Å². The van der Waals surface area contributed by atoms with Gasteiger partial charge in [0.25, 0.3) is 0 Å². The van der Waals surface area contributed by atoms with Crippen LogP contribution in [0.2, 0.25) is 0 Å². The van der Waals surface area contributed by atoms with Gasteiger partial charge in [-0.05, 0) is 30.0 Å². The van der Waals surface area contributed by atoms with Crippen molar-refractivity contribution in [1.82, 2.24) is 0 Å². The first-order chi connectivity index (χ1) is 8.33. The van der Waals surface area contributed by atoms with Crippen molar-refractivity contribution in [3.05, 3.63) is 29.3 Å². The lowest BCUT2D eigenvalue weighted by Crippen LogP contribution is -2.10. The van der Waals surface area contributed by atoms with Crippen LogP contribution in [-0.4, -0.2) is 31.5 Å². The number of aliphatic hydroxyl groups is 1. The summed E-state index contributed by atoms with van der Waals surface area (Å²) in [5.41, 5.74) is 8.45. The molecule has 3 N–H and O–H groups in total. The Morgan fingerprint density at radius 2 is 2.18 bits per heavy atom. The number of rotatable bonds is 6. The summed E-state index contributed by atoms with van der Waals surface area (Å²) in [6, 6.07) is 6.18. The molecule has 1 unspecified atom stereocenters. The third-order valence-electron chi connectivity index (χ3n) is 2.99. The molecule has 0 radical (unpaired) electrons. The molecule has 1 aliphatic carbocycles. The fourth-order valence-corrected chi connectivity index (χ4v) is 2.17. The summed E-state index contributed by atoms with van der Waals surface area (Å²) in [6.45, 7) is 1.42. The molecular formula is C13H19NO3. The first-order valence-electron chi connectivity index (χ1n) is 6.01. The molecule has 0 amide bonds. The molecule has 1 aliphatic rings. The van der Waals surface area contributed by atoms with Gasteiger partial charge in [-0.1, -0.05) is 12.1 Å². The summed E-state index contributed by atoms with van der Waals surface area (Å²) >= 11 is 0. The molecule has 0 fully saturated rings. The topological polar surface area (TPSA) is 64.7 Å². The Morgan fingerprint density at radius 3 is 3.00 bits per heavy atom. The average molecular weight is 237 g/mol. The lowest BCUT2D eigenvalue weighted by Gasteiger charge is -2.11. The molecule has 0 aromatic heterocycles. The first kappa shape index (κ1) is 12.4. The molecule has 0 bridgehead atoms. The molecule has 4 heteroatoms. The first-order valence-corrected chi connectivity index (χ1v) is 6.01. The molecule has 0 aliphatic heterocycles. The zero-order valence-electron chi connectivity index (χ0n) is 9.89. The summed E-state index contributed by atoms with van der Waals surface area (Å²) in [4.78, 5) is 0. The van der Waals surface area contributed by atoms with Gasteiger partial charge < -0.3 is 20.3 Å². The van der Waals surface area contributed by atoms with Crippen LogP contribution in [0.15, 0.2) is 18.2 Å². The van der Waals surface area contributed by atoms with E-state index in [1.807, 2.05) is 12.1 Å². The van der Waals surface area contributed by atoms with E-state index in [4.69, 9.17) is 20.3 Å². The number of hydrogen-bond acceptors (Lipinski definition) is 4. The Labute approximate surface area is 101 Å². The van der Waals surface area contributed by atoms with E-state index in [1.165, 1.54) is 11.1 Å². The number of fused-ring (bicyclic) bond motifs is 1. The summed E-state index contributed by atoms with van der Waals surface area (Å²) in [5.74, 6) is 0.919. The number of aliphatic hydroxyl groups excluding tert-OH is 1. The minimum absolute atomic E-state index is 0.0512. The van der Waals surface area contributed by atoms with Crippen LogP contribution in [0.4, 0.5) is 0 Å². The zero-order chi connectivity index (χ0) is 12.1. The second-order valence-corrected chi connectivity index (χ2v) is 4.15. The van der Waals surface area contributed by atoms with Gasteiger partial charge in [-0.2, -0.15) is 0 Å². The molecule has 0 saturated carbocycles. The Bertz CT molecular complexity index is 368. The van der Waals surface area contributed by atoms with Gasteiger partial charge in [-0.3, -0.25) is 0 Å². The highest BCUT2D eigenvalue weighted by molar-refractivity contribution is 5.44. The number of nitrogens with two attached hydrogens (primary N) is 1. The lowest BCUT2D eigenvalue weighted by molar-refractivity contribution is 0.0703. The van der Waals surface area contributed by atoms with Crippen molar-refractivity contribution in [2.75, 3.05) is 26.4 Å². The van der Waals surface area contributed by atoms with Gasteiger partial charge in [0.1, 0.15) is 12.4 Å². The Balaban J connectivity index is 1.89. The van der Waals surface area contributed by atoms with Gasteiger partial charge in [0.05, 0.1) is 19.8 Å². The maximum Gasteiger partial charge on any atom is 0.122 e. The summed E-state index contributed by atoms with van der Waals surface area (Å²) in [6.07, 6.45) is 1.99. The van der Waals surface area contributed by atoms with E-state index in [1.54, 1.807) is 0 Å². The summed E-state index contributed by atoms with van der Waals surface area (Å²) < 4.78 is 10.8. The van der Waals surface area contributed by atoms with Gasteiger partial charge >= 0.3 is 0 Å². The van der Waals surface area contributed by atoms with Crippen LogP contribution < -0.4 is 10.5 Å². The molecule has 17 heavy (non-hydrogen) atoms. The van der Waals surface area contributed by atoms with Gasteiger partial charge in [-0.15, -0.1) is 0 Å². The molecule has 94 valence electrons. The van der Waals surface area contributed by atoms with Crippen LogP contribution in [0, 0.1) is 0 Å².